The third-order valence-corrected chi connectivity index (χ3v) is 4.74. The fraction of sp³-hybridized carbons (Fsp3) is 0.348. The Morgan fingerprint density at radius 2 is 1.77 bits per heavy atom. The lowest BCUT2D eigenvalue weighted by atomic mass is 10.0. The van der Waals surface area contributed by atoms with Crippen LogP contribution in [0.3, 0.4) is 0 Å². The van der Waals surface area contributed by atoms with Gasteiger partial charge in [-0.3, -0.25) is 0 Å². The second-order valence-electron chi connectivity index (χ2n) is 7.24. The molecule has 0 spiro atoms. The summed E-state index contributed by atoms with van der Waals surface area (Å²) in [7, 11) is 0. The van der Waals surface area contributed by atoms with E-state index < -0.39 is 0 Å². The molecule has 3 rings (SSSR count). The molecule has 8 heteroatoms. The van der Waals surface area contributed by atoms with Gasteiger partial charge in [0.25, 0.3) is 0 Å². The van der Waals surface area contributed by atoms with Gasteiger partial charge in [-0.1, -0.05) is 37.6 Å². The van der Waals surface area contributed by atoms with Crippen LogP contribution in [0.2, 0.25) is 5.02 Å². The van der Waals surface area contributed by atoms with Crippen LogP contribution in [0.4, 0.5) is 0 Å². The zero-order valence-electron chi connectivity index (χ0n) is 18.2. The van der Waals surface area contributed by atoms with Crippen molar-refractivity contribution in [1.82, 2.24) is 14.9 Å². The summed E-state index contributed by atoms with van der Waals surface area (Å²) < 4.78 is 19.2. The molecule has 164 valence electrons. The van der Waals surface area contributed by atoms with Crippen molar-refractivity contribution in [3.8, 4) is 17.2 Å². The topological polar surface area (TPSA) is 70.8 Å². The summed E-state index contributed by atoms with van der Waals surface area (Å²) in [6.45, 7) is 9.46. The average Bonchev–Trinajstić information content (AvgIpc) is 3.25. The van der Waals surface area contributed by atoms with Gasteiger partial charge in [0.1, 0.15) is 31.6 Å². The van der Waals surface area contributed by atoms with Crippen LogP contribution in [0, 0.1) is 6.92 Å². The van der Waals surface area contributed by atoms with Gasteiger partial charge < -0.3 is 14.2 Å². The number of nitrogens with zero attached hydrogens (tertiary/aromatic N) is 4. The molecule has 2 aromatic carbocycles. The molecule has 31 heavy (non-hydrogen) atoms. The van der Waals surface area contributed by atoms with Crippen molar-refractivity contribution in [1.29, 1.82) is 0 Å². The van der Waals surface area contributed by atoms with E-state index >= 15 is 0 Å². The minimum atomic E-state index is 0.333. The molecular weight excluding hydrogens is 416 g/mol. The molecule has 1 heterocycles. The summed E-state index contributed by atoms with van der Waals surface area (Å²) in [5, 5.41) is 12.1. The monoisotopic (exact) mass is 442 g/mol. The minimum Gasteiger partial charge on any atom is -0.490 e. The summed E-state index contributed by atoms with van der Waals surface area (Å²) in [6.07, 6.45) is 4.64. The van der Waals surface area contributed by atoms with Crippen molar-refractivity contribution in [2.75, 3.05) is 19.8 Å². The first-order valence-electron chi connectivity index (χ1n) is 10.2. The standard InChI is InChI=1S/C23H27ClN4O3/c1-5-29-22-12-18(13-27-28-14-25-26-15-28)11-20(24)23(22)31-9-8-30-21-10-17(4)6-7-19(21)16(2)3/h6-7,10-16H,5,8-9H2,1-4H3/b27-13+. The van der Waals surface area contributed by atoms with Crippen molar-refractivity contribution < 1.29 is 14.2 Å². The van der Waals surface area contributed by atoms with E-state index in [4.69, 9.17) is 25.8 Å². The second kappa shape index (κ2) is 10.8. The number of rotatable bonds is 10. The zero-order chi connectivity index (χ0) is 22.2. The van der Waals surface area contributed by atoms with Gasteiger partial charge in [-0.05, 0) is 54.7 Å². The van der Waals surface area contributed by atoms with Gasteiger partial charge in [0.2, 0.25) is 0 Å². The van der Waals surface area contributed by atoms with Crippen molar-refractivity contribution in [2.24, 2.45) is 5.10 Å². The average molecular weight is 443 g/mol. The first-order valence-corrected chi connectivity index (χ1v) is 10.6. The van der Waals surface area contributed by atoms with Gasteiger partial charge in [-0.2, -0.15) is 5.10 Å². The van der Waals surface area contributed by atoms with Gasteiger partial charge in [-0.15, -0.1) is 10.2 Å². The van der Waals surface area contributed by atoms with E-state index in [-0.39, 0.29) is 0 Å². The molecule has 0 bridgehead atoms. The lowest BCUT2D eigenvalue weighted by molar-refractivity contribution is 0.207. The van der Waals surface area contributed by atoms with E-state index in [1.807, 2.05) is 13.0 Å². The third-order valence-electron chi connectivity index (χ3n) is 4.46. The summed E-state index contributed by atoms with van der Waals surface area (Å²) in [4.78, 5) is 0. The van der Waals surface area contributed by atoms with E-state index in [0.717, 1.165) is 16.9 Å². The third kappa shape index (κ3) is 6.21. The number of benzene rings is 2. The van der Waals surface area contributed by atoms with Crippen molar-refractivity contribution in [2.45, 2.75) is 33.6 Å². The maximum absolute atomic E-state index is 6.48. The normalized spacial score (nSPS) is 11.3. The Hall–Kier alpha value is -3.06. The predicted octanol–water partition coefficient (Wildman–Crippen LogP) is 5.10. The number of hydrogen-bond donors (Lipinski definition) is 0. The Balaban J connectivity index is 1.68. The largest absolute Gasteiger partial charge is 0.490 e. The van der Waals surface area contributed by atoms with Crippen LogP contribution in [0.25, 0.3) is 0 Å². The van der Waals surface area contributed by atoms with E-state index in [9.17, 15) is 0 Å². The lowest BCUT2D eigenvalue weighted by Crippen LogP contribution is -2.11. The molecule has 3 aromatic rings. The smallest absolute Gasteiger partial charge is 0.179 e. The van der Waals surface area contributed by atoms with Gasteiger partial charge in [0, 0.05) is 0 Å². The van der Waals surface area contributed by atoms with Crippen LogP contribution in [-0.2, 0) is 0 Å². The molecule has 1 aromatic heterocycles. The Morgan fingerprint density at radius 3 is 2.48 bits per heavy atom. The lowest BCUT2D eigenvalue weighted by Gasteiger charge is -2.17. The Kier molecular flexibility index (Phi) is 7.89. The quantitative estimate of drug-likeness (QED) is 0.322. The molecule has 0 atom stereocenters. The highest BCUT2D eigenvalue weighted by Crippen LogP contribution is 2.36. The Bertz CT molecular complexity index is 1020. The molecule has 0 saturated carbocycles. The van der Waals surface area contributed by atoms with E-state index in [1.165, 1.54) is 22.9 Å². The van der Waals surface area contributed by atoms with Crippen LogP contribution < -0.4 is 14.2 Å². The van der Waals surface area contributed by atoms with Gasteiger partial charge in [0.05, 0.1) is 17.8 Å². The first-order chi connectivity index (χ1) is 15.0. The van der Waals surface area contributed by atoms with Gasteiger partial charge in [-0.25, -0.2) is 4.68 Å². The highest BCUT2D eigenvalue weighted by atomic mass is 35.5. The van der Waals surface area contributed by atoms with Crippen molar-refractivity contribution >= 4 is 17.8 Å². The molecule has 0 unspecified atom stereocenters. The van der Waals surface area contributed by atoms with Crippen molar-refractivity contribution in [3.63, 3.8) is 0 Å². The summed E-state index contributed by atoms with van der Waals surface area (Å²) in [5.74, 6) is 2.30. The molecule has 0 amide bonds. The van der Waals surface area contributed by atoms with E-state index in [1.54, 1.807) is 12.3 Å². The van der Waals surface area contributed by atoms with Crippen LogP contribution in [0.15, 0.2) is 48.1 Å². The maximum Gasteiger partial charge on any atom is 0.179 e. The molecule has 0 saturated heterocycles. The molecule has 0 aliphatic rings. The summed E-state index contributed by atoms with van der Waals surface area (Å²) in [6, 6.07) is 9.86. The van der Waals surface area contributed by atoms with Crippen LogP contribution in [-0.4, -0.2) is 40.9 Å². The van der Waals surface area contributed by atoms with E-state index in [0.29, 0.717) is 42.3 Å². The second-order valence-corrected chi connectivity index (χ2v) is 7.65. The molecule has 0 N–H and O–H groups in total. The van der Waals surface area contributed by atoms with Gasteiger partial charge in [0.15, 0.2) is 11.5 Å². The number of ether oxygens (including phenoxy) is 3. The molecular formula is C23H27ClN4O3. The van der Waals surface area contributed by atoms with Crippen molar-refractivity contribution in [3.05, 3.63) is 64.7 Å². The predicted molar refractivity (Wildman–Crippen MR) is 122 cm³/mol. The number of aryl methyl sites for hydroxylation is 1. The number of hydrogen-bond acceptors (Lipinski definition) is 6. The summed E-state index contributed by atoms with van der Waals surface area (Å²) in [5.41, 5.74) is 3.10. The molecule has 0 radical (unpaired) electrons. The summed E-state index contributed by atoms with van der Waals surface area (Å²) >= 11 is 6.48. The highest BCUT2D eigenvalue weighted by molar-refractivity contribution is 6.32. The van der Waals surface area contributed by atoms with Crippen LogP contribution in [0.1, 0.15) is 43.4 Å². The first kappa shape index (κ1) is 22.6. The molecule has 0 aliphatic heterocycles. The van der Waals surface area contributed by atoms with Gasteiger partial charge >= 0.3 is 0 Å². The minimum absolute atomic E-state index is 0.333. The fourth-order valence-corrected chi connectivity index (χ4v) is 3.27. The Labute approximate surface area is 187 Å². The van der Waals surface area contributed by atoms with Crippen LogP contribution in [0.5, 0.6) is 17.2 Å². The molecule has 0 aliphatic carbocycles. The number of halogens is 1. The van der Waals surface area contributed by atoms with Crippen LogP contribution >= 0.6 is 11.6 Å². The van der Waals surface area contributed by atoms with E-state index in [2.05, 4.69) is 54.3 Å². The fourth-order valence-electron chi connectivity index (χ4n) is 2.99. The number of aromatic nitrogens is 3. The highest BCUT2D eigenvalue weighted by Gasteiger charge is 2.13. The molecule has 7 nitrogen and oxygen atoms in total. The maximum atomic E-state index is 6.48. The zero-order valence-corrected chi connectivity index (χ0v) is 19.0. The SMILES string of the molecule is CCOc1cc(/C=N/n2cnnc2)cc(Cl)c1OCCOc1cc(C)ccc1C(C)C. The Morgan fingerprint density at radius 1 is 1.03 bits per heavy atom. The molecule has 0 fully saturated rings.